The number of amides is 1. The van der Waals surface area contributed by atoms with Crippen molar-refractivity contribution in [3.8, 4) is 5.75 Å². The maximum absolute atomic E-state index is 12.4. The first kappa shape index (κ1) is 20.5. The van der Waals surface area contributed by atoms with E-state index in [1.54, 1.807) is 6.33 Å². The quantitative estimate of drug-likeness (QED) is 0.558. The van der Waals surface area contributed by atoms with Gasteiger partial charge in [0.05, 0.1) is 18.0 Å². The van der Waals surface area contributed by atoms with Crippen molar-refractivity contribution in [1.82, 2.24) is 9.97 Å². The summed E-state index contributed by atoms with van der Waals surface area (Å²) in [6.45, 7) is 9.07. The first-order chi connectivity index (χ1) is 13.5. The van der Waals surface area contributed by atoms with Crippen LogP contribution in [-0.4, -0.2) is 41.3 Å². The van der Waals surface area contributed by atoms with E-state index in [-0.39, 0.29) is 11.7 Å². The largest absolute Gasteiger partial charge is 0.492 e. The number of carbonyl (C=O) groups excluding carboxylic acids is 1. The minimum Gasteiger partial charge on any atom is -0.492 e. The average molecular weight is 401 g/mol. The fourth-order valence-electron chi connectivity index (χ4n) is 3.61. The predicted octanol–water partition coefficient (Wildman–Crippen LogP) is 4.09. The molecular formula is C21H28N4O2S. The van der Waals surface area contributed by atoms with Crippen LogP contribution in [-0.2, 0) is 4.79 Å². The summed E-state index contributed by atoms with van der Waals surface area (Å²) >= 11 is 1.42. The zero-order valence-electron chi connectivity index (χ0n) is 16.7. The number of para-hydroxylation sites is 2. The average Bonchev–Trinajstić information content (AvgIpc) is 2.68. The van der Waals surface area contributed by atoms with E-state index >= 15 is 0 Å². The van der Waals surface area contributed by atoms with Gasteiger partial charge in [-0.3, -0.25) is 4.79 Å². The summed E-state index contributed by atoms with van der Waals surface area (Å²) < 4.78 is 5.55. The minimum atomic E-state index is -0.0856. The van der Waals surface area contributed by atoms with Crippen LogP contribution in [0.1, 0.15) is 27.2 Å². The third kappa shape index (κ3) is 5.61. The molecule has 2 atom stereocenters. The molecule has 3 rings (SSSR count). The number of nitrogens with zero attached hydrogens (tertiary/aromatic N) is 3. The first-order valence-corrected chi connectivity index (χ1v) is 10.7. The summed E-state index contributed by atoms with van der Waals surface area (Å²) in [4.78, 5) is 23.5. The lowest BCUT2D eigenvalue weighted by Crippen LogP contribution is -2.39. The van der Waals surface area contributed by atoms with Gasteiger partial charge in [0, 0.05) is 19.2 Å². The van der Waals surface area contributed by atoms with Gasteiger partial charge < -0.3 is 15.0 Å². The molecule has 0 saturated carbocycles. The summed E-state index contributed by atoms with van der Waals surface area (Å²) in [5.41, 5.74) is 0.689. The van der Waals surface area contributed by atoms with E-state index in [0.29, 0.717) is 29.9 Å². The highest BCUT2D eigenvalue weighted by atomic mass is 32.2. The summed E-state index contributed by atoms with van der Waals surface area (Å²) in [6.07, 6.45) is 2.84. The molecule has 6 nitrogen and oxygen atoms in total. The maximum Gasteiger partial charge on any atom is 0.234 e. The summed E-state index contributed by atoms with van der Waals surface area (Å²) in [6, 6.07) is 9.44. The lowest BCUT2D eigenvalue weighted by atomic mass is 9.92. The molecule has 2 aromatic rings. The van der Waals surface area contributed by atoms with Crippen LogP contribution in [0.4, 0.5) is 11.5 Å². The van der Waals surface area contributed by atoms with Crippen LogP contribution in [0, 0.1) is 11.8 Å². The molecule has 1 aliphatic rings. The molecule has 2 heterocycles. The molecule has 150 valence electrons. The number of ether oxygens (including phenoxy) is 1. The number of anilines is 2. The lowest BCUT2D eigenvalue weighted by molar-refractivity contribution is -0.113. The van der Waals surface area contributed by atoms with E-state index < -0.39 is 0 Å². The Balaban J connectivity index is 1.58. The van der Waals surface area contributed by atoms with Gasteiger partial charge in [0.2, 0.25) is 5.91 Å². The zero-order chi connectivity index (χ0) is 19.9. The molecular weight excluding hydrogens is 372 g/mol. The minimum absolute atomic E-state index is 0.0856. The molecule has 1 amide bonds. The summed E-state index contributed by atoms with van der Waals surface area (Å²) in [5, 5.41) is 3.73. The van der Waals surface area contributed by atoms with Gasteiger partial charge in [0.1, 0.15) is 22.9 Å². The van der Waals surface area contributed by atoms with Gasteiger partial charge in [-0.1, -0.05) is 37.7 Å². The number of rotatable bonds is 7. The lowest BCUT2D eigenvalue weighted by Gasteiger charge is -2.35. The Kier molecular flexibility index (Phi) is 7.14. The highest BCUT2D eigenvalue weighted by Crippen LogP contribution is 2.27. The van der Waals surface area contributed by atoms with Gasteiger partial charge in [0.15, 0.2) is 0 Å². The number of aromatic nitrogens is 2. The van der Waals surface area contributed by atoms with Gasteiger partial charge in [-0.05, 0) is 37.3 Å². The molecule has 7 heteroatoms. The molecule has 1 aromatic heterocycles. The van der Waals surface area contributed by atoms with Gasteiger partial charge in [0.25, 0.3) is 0 Å². The van der Waals surface area contributed by atoms with Crippen molar-refractivity contribution in [3.05, 3.63) is 36.7 Å². The molecule has 1 aromatic carbocycles. The smallest absolute Gasteiger partial charge is 0.234 e. The van der Waals surface area contributed by atoms with Crippen LogP contribution < -0.4 is 15.0 Å². The number of carbonyl (C=O) groups is 1. The maximum atomic E-state index is 12.4. The summed E-state index contributed by atoms with van der Waals surface area (Å²) in [5.74, 6) is 3.14. The van der Waals surface area contributed by atoms with E-state index in [1.165, 1.54) is 18.2 Å². The second-order valence-electron chi connectivity index (χ2n) is 7.33. The molecule has 1 aliphatic heterocycles. The van der Waals surface area contributed by atoms with Crippen molar-refractivity contribution in [1.29, 1.82) is 0 Å². The van der Waals surface area contributed by atoms with Gasteiger partial charge >= 0.3 is 0 Å². The number of benzene rings is 1. The van der Waals surface area contributed by atoms with E-state index in [2.05, 4.69) is 34.0 Å². The van der Waals surface area contributed by atoms with Crippen molar-refractivity contribution in [2.24, 2.45) is 11.8 Å². The molecule has 1 fully saturated rings. The van der Waals surface area contributed by atoms with Crippen molar-refractivity contribution in [2.75, 3.05) is 35.7 Å². The van der Waals surface area contributed by atoms with Crippen LogP contribution >= 0.6 is 11.8 Å². The number of hydrogen-bond donors (Lipinski definition) is 1. The molecule has 0 radical (unpaired) electrons. The number of piperidine rings is 1. The second kappa shape index (κ2) is 9.78. The number of hydrogen-bond acceptors (Lipinski definition) is 6. The standard InChI is InChI=1S/C21H28N4O2S/c1-4-27-18-8-6-5-7-17(18)24-20(26)13-28-21-10-19(22-14-23-21)25-11-15(2)9-16(3)12-25/h5-8,10,14-16H,4,9,11-13H2,1-3H3,(H,24,26)/t15-,16+. The van der Waals surface area contributed by atoms with Crippen LogP contribution in [0.2, 0.25) is 0 Å². The van der Waals surface area contributed by atoms with Gasteiger partial charge in [-0.2, -0.15) is 0 Å². The monoisotopic (exact) mass is 400 g/mol. The molecule has 0 unspecified atom stereocenters. The summed E-state index contributed by atoms with van der Waals surface area (Å²) in [7, 11) is 0. The fourth-order valence-corrected chi connectivity index (χ4v) is 4.27. The molecule has 0 bridgehead atoms. The Morgan fingerprint density at radius 2 is 2.00 bits per heavy atom. The SMILES string of the molecule is CCOc1ccccc1NC(=O)CSc1cc(N2C[C@H](C)C[C@H](C)C2)ncn1. The predicted molar refractivity (Wildman–Crippen MR) is 114 cm³/mol. The van der Waals surface area contributed by atoms with Crippen molar-refractivity contribution < 1.29 is 9.53 Å². The van der Waals surface area contributed by atoms with E-state index in [1.807, 2.05) is 37.3 Å². The van der Waals surface area contributed by atoms with Gasteiger partial charge in [-0.25, -0.2) is 9.97 Å². The van der Waals surface area contributed by atoms with Crippen LogP contribution in [0.3, 0.4) is 0 Å². The topological polar surface area (TPSA) is 67.3 Å². The van der Waals surface area contributed by atoms with Gasteiger partial charge in [-0.15, -0.1) is 0 Å². The third-order valence-corrected chi connectivity index (χ3v) is 5.56. The van der Waals surface area contributed by atoms with Crippen LogP contribution in [0.15, 0.2) is 41.7 Å². The van der Waals surface area contributed by atoms with Crippen LogP contribution in [0.25, 0.3) is 0 Å². The normalized spacial score (nSPS) is 19.3. The molecule has 1 N–H and O–H groups in total. The zero-order valence-corrected chi connectivity index (χ0v) is 17.5. The molecule has 0 aliphatic carbocycles. The van der Waals surface area contributed by atoms with Crippen molar-refractivity contribution >= 4 is 29.2 Å². The molecule has 28 heavy (non-hydrogen) atoms. The van der Waals surface area contributed by atoms with Crippen molar-refractivity contribution in [3.63, 3.8) is 0 Å². The number of nitrogens with one attached hydrogen (secondary N) is 1. The van der Waals surface area contributed by atoms with E-state index in [9.17, 15) is 4.79 Å². The number of thioether (sulfide) groups is 1. The fraction of sp³-hybridized carbons (Fsp3) is 0.476. The second-order valence-corrected chi connectivity index (χ2v) is 8.33. The Morgan fingerprint density at radius 1 is 1.25 bits per heavy atom. The molecule has 1 saturated heterocycles. The molecule has 0 spiro atoms. The van der Waals surface area contributed by atoms with Crippen molar-refractivity contribution in [2.45, 2.75) is 32.2 Å². The highest BCUT2D eigenvalue weighted by Gasteiger charge is 2.23. The Labute approximate surface area is 171 Å². The Bertz CT molecular complexity index is 791. The first-order valence-electron chi connectivity index (χ1n) is 9.76. The van der Waals surface area contributed by atoms with E-state index in [0.717, 1.165) is 23.9 Å². The Hall–Kier alpha value is -2.28. The highest BCUT2D eigenvalue weighted by molar-refractivity contribution is 7.99. The third-order valence-electron chi connectivity index (χ3n) is 4.63. The van der Waals surface area contributed by atoms with E-state index in [4.69, 9.17) is 4.74 Å². The van der Waals surface area contributed by atoms with Crippen LogP contribution in [0.5, 0.6) is 5.75 Å². The Morgan fingerprint density at radius 3 is 2.75 bits per heavy atom.